The molecule has 0 aliphatic heterocycles. The highest BCUT2D eigenvalue weighted by Crippen LogP contribution is 2.31. The average Bonchev–Trinajstić information content (AvgIpc) is 2.69. The number of Topliss-reactive ketones (excluding diaryl/α,β-unsaturated/α-hetero) is 1. The van der Waals surface area contributed by atoms with Gasteiger partial charge in [-0.1, -0.05) is 36.4 Å². The molecule has 3 aromatic rings. The molecule has 0 spiro atoms. The Kier molecular flexibility index (Phi) is 5.33. The van der Waals surface area contributed by atoms with Gasteiger partial charge < -0.3 is 4.57 Å². The van der Waals surface area contributed by atoms with Gasteiger partial charge in [0.15, 0.2) is 5.78 Å². The molecule has 134 valence electrons. The number of rotatable bonds is 5. The lowest BCUT2D eigenvalue weighted by Gasteiger charge is -2.20. The molecule has 1 heterocycles. The molecule has 0 fully saturated rings. The number of hydrogen-bond donors (Lipinski definition) is 0. The number of ketones is 1. The molecule has 0 aliphatic rings. The molecule has 0 N–H and O–H groups in total. The molecule has 1 aromatic heterocycles. The number of aromatic nitrogens is 1. The van der Waals surface area contributed by atoms with E-state index in [1.165, 1.54) is 10.6 Å². The van der Waals surface area contributed by atoms with Crippen molar-refractivity contribution in [3.8, 4) is 6.07 Å². The third-order valence-corrected chi connectivity index (χ3v) is 4.80. The van der Waals surface area contributed by atoms with Crippen LogP contribution >= 0.6 is 0 Å². The number of pyridine rings is 1. The van der Waals surface area contributed by atoms with Crippen molar-refractivity contribution in [2.45, 2.75) is 19.3 Å². The fourth-order valence-electron chi connectivity index (χ4n) is 3.24. The molecule has 0 amide bonds. The predicted molar refractivity (Wildman–Crippen MR) is 105 cm³/mol. The fourth-order valence-corrected chi connectivity index (χ4v) is 3.24. The first-order chi connectivity index (χ1) is 13.0. The molecule has 0 saturated heterocycles. The van der Waals surface area contributed by atoms with Gasteiger partial charge in [-0.25, -0.2) is 0 Å². The van der Waals surface area contributed by atoms with Crippen LogP contribution in [0.2, 0.25) is 0 Å². The number of carbonyl (C=O) groups is 1. The van der Waals surface area contributed by atoms with E-state index in [1.807, 2.05) is 43.3 Å². The Hall–Kier alpha value is -3.45. The molecule has 0 aliphatic carbocycles. The smallest absolute Gasteiger partial charge is 0.250 e. The first kappa shape index (κ1) is 18.3. The highest BCUT2D eigenvalue weighted by Gasteiger charge is 2.21. The van der Waals surface area contributed by atoms with Crippen LogP contribution < -0.4 is 5.56 Å². The fraction of sp³-hybridized carbons (Fsp3) is 0.174. The number of nitrogens with zero attached hydrogens (tertiary/aromatic N) is 2. The van der Waals surface area contributed by atoms with E-state index < -0.39 is 0 Å². The number of benzene rings is 2. The monoisotopic (exact) mass is 356 g/mol. The molecule has 4 heteroatoms. The van der Waals surface area contributed by atoms with Crippen LogP contribution in [0.25, 0.3) is 0 Å². The summed E-state index contributed by atoms with van der Waals surface area (Å²) in [5.41, 5.74) is 4.15. The summed E-state index contributed by atoms with van der Waals surface area (Å²) in [5.74, 6) is -0.146. The maximum absolute atomic E-state index is 12.9. The normalized spacial score (nSPS) is 11.6. The number of carbonyl (C=O) groups excluding carboxylic acids is 1. The summed E-state index contributed by atoms with van der Waals surface area (Å²) in [6.45, 7) is 2.03. The predicted octanol–water partition coefficient (Wildman–Crippen LogP) is 3.97. The lowest BCUT2D eigenvalue weighted by Crippen LogP contribution is -2.17. The molecular weight excluding hydrogens is 336 g/mol. The van der Waals surface area contributed by atoms with E-state index >= 15 is 0 Å². The van der Waals surface area contributed by atoms with Crippen molar-refractivity contribution in [1.82, 2.24) is 4.57 Å². The number of nitriles is 1. The third kappa shape index (κ3) is 4.04. The van der Waals surface area contributed by atoms with E-state index in [4.69, 9.17) is 5.26 Å². The molecule has 4 nitrogen and oxygen atoms in total. The molecular formula is C23H20N2O2. The summed E-state index contributed by atoms with van der Waals surface area (Å²) in [4.78, 5) is 24.5. The number of aryl methyl sites for hydroxylation is 2. The summed E-state index contributed by atoms with van der Waals surface area (Å²) in [6, 6.07) is 20.5. The zero-order valence-corrected chi connectivity index (χ0v) is 15.3. The molecule has 0 saturated carbocycles. The Bertz CT molecular complexity index is 1070. The minimum absolute atomic E-state index is 0.0248. The van der Waals surface area contributed by atoms with E-state index in [1.54, 1.807) is 31.4 Å². The molecule has 0 radical (unpaired) electrons. The summed E-state index contributed by atoms with van der Waals surface area (Å²) in [5, 5.41) is 9.04. The summed E-state index contributed by atoms with van der Waals surface area (Å²) in [6.07, 6.45) is 1.87. The van der Waals surface area contributed by atoms with Crippen LogP contribution in [0, 0.1) is 18.3 Å². The lowest BCUT2D eigenvalue weighted by molar-refractivity contribution is 0.0977. The van der Waals surface area contributed by atoms with Crippen molar-refractivity contribution in [3.63, 3.8) is 0 Å². The molecule has 0 bridgehead atoms. The van der Waals surface area contributed by atoms with Crippen LogP contribution in [0.15, 0.2) is 71.7 Å². The first-order valence-electron chi connectivity index (χ1n) is 8.75. The van der Waals surface area contributed by atoms with Crippen molar-refractivity contribution in [2.75, 3.05) is 0 Å². The van der Waals surface area contributed by atoms with Gasteiger partial charge in [0.25, 0.3) is 0 Å². The largest absolute Gasteiger partial charge is 0.318 e. The molecule has 0 unspecified atom stereocenters. The standard InChI is InChI=1S/C23H20N2O2/c1-16-5-3-4-6-20(16)21(18-9-7-17(14-24)8-10-18)13-22(26)19-11-12-23(27)25(2)15-19/h3-12,15,21H,13H2,1-2H3/t21-/m1/s1. The second-order valence-electron chi connectivity index (χ2n) is 6.64. The SMILES string of the molecule is Cc1ccccc1[C@H](CC(=O)c1ccc(=O)n(C)c1)c1ccc(C#N)cc1. The minimum atomic E-state index is -0.144. The van der Waals surface area contributed by atoms with Crippen LogP contribution in [0.4, 0.5) is 0 Å². The third-order valence-electron chi connectivity index (χ3n) is 4.80. The lowest BCUT2D eigenvalue weighted by atomic mass is 9.83. The maximum atomic E-state index is 12.9. The van der Waals surface area contributed by atoms with Crippen molar-refractivity contribution >= 4 is 5.78 Å². The molecule has 1 atom stereocenters. The van der Waals surface area contributed by atoms with Crippen LogP contribution in [0.3, 0.4) is 0 Å². The highest BCUT2D eigenvalue weighted by atomic mass is 16.1. The second-order valence-corrected chi connectivity index (χ2v) is 6.64. The zero-order chi connectivity index (χ0) is 19.4. The van der Waals surface area contributed by atoms with Crippen LogP contribution in [0.5, 0.6) is 0 Å². The Morgan fingerprint density at radius 2 is 1.78 bits per heavy atom. The van der Waals surface area contributed by atoms with Gasteiger partial charge >= 0.3 is 0 Å². The van der Waals surface area contributed by atoms with E-state index in [0.717, 1.165) is 16.7 Å². The Labute approximate surface area is 158 Å². The molecule has 2 aromatic carbocycles. The summed E-state index contributed by atoms with van der Waals surface area (Å²) < 4.78 is 1.41. The zero-order valence-electron chi connectivity index (χ0n) is 15.3. The van der Waals surface area contributed by atoms with Gasteiger partial charge in [0.2, 0.25) is 5.56 Å². The average molecular weight is 356 g/mol. The van der Waals surface area contributed by atoms with Crippen LogP contribution in [-0.4, -0.2) is 10.4 Å². The summed E-state index contributed by atoms with van der Waals surface area (Å²) in [7, 11) is 1.64. The molecule has 3 rings (SSSR count). The van der Waals surface area contributed by atoms with E-state index in [9.17, 15) is 9.59 Å². The van der Waals surface area contributed by atoms with Crippen LogP contribution in [-0.2, 0) is 7.05 Å². The topological polar surface area (TPSA) is 62.9 Å². The second kappa shape index (κ2) is 7.84. The van der Waals surface area contributed by atoms with Crippen LogP contribution in [0.1, 0.15) is 45.0 Å². The van der Waals surface area contributed by atoms with Gasteiger partial charge in [-0.3, -0.25) is 9.59 Å². The Balaban J connectivity index is 2.00. The van der Waals surface area contributed by atoms with Gasteiger partial charge in [-0.05, 0) is 41.8 Å². The van der Waals surface area contributed by atoms with Gasteiger partial charge in [0, 0.05) is 37.2 Å². The van der Waals surface area contributed by atoms with Gasteiger partial charge in [-0.2, -0.15) is 5.26 Å². The van der Waals surface area contributed by atoms with Crippen molar-refractivity contribution < 1.29 is 4.79 Å². The highest BCUT2D eigenvalue weighted by molar-refractivity contribution is 5.96. The summed E-state index contributed by atoms with van der Waals surface area (Å²) >= 11 is 0. The van der Waals surface area contributed by atoms with E-state index in [-0.39, 0.29) is 23.7 Å². The van der Waals surface area contributed by atoms with Gasteiger partial charge in [0.1, 0.15) is 0 Å². The minimum Gasteiger partial charge on any atom is -0.318 e. The van der Waals surface area contributed by atoms with Crippen molar-refractivity contribution in [3.05, 3.63) is 105 Å². The van der Waals surface area contributed by atoms with Gasteiger partial charge in [-0.15, -0.1) is 0 Å². The Morgan fingerprint density at radius 1 is 1.07 bits per heavy atom. The van der Waals surface area contributed by atoms with Gasteiger partial charge in [0.05, 0.1) is 11.6 Å². The van der Waals surface area contributed by atoms with E-state index in [2.05, 4.69) is 6.07 Å². The Morgan fingerprint density at radius 3 is 2.41 bits per heavy atom. The van der Waals surface area contributed by atoms with Crippen molar-refractivity contribution in [2.24, 2.45) is 7.05 Å². The number of hydrogen-bond acceptors (Lipinski definition) is 3. The molecule has 27 heavy (non-hydrogen) atoms. The van der Waals surface area contributed by atoms with E-state index in [0.29, 0.717) is 11.1 Å². The quantitative estimate of drug-likeness (QED) is 0.650. The maximum Gasteiger partial charge on any atom is 0.250 e. The van der Waals surface area contributed by atoms with Crippen molar-refractivity contribution in [1.29, 1.82) is 5.26 Å². The first-order valence-corrected chi connectivity index (χ1v) is 8.75.